The van der Waals surface area contributed by atoms with E-state index in [2.05, 4.69) is 18.2 Å². The Kier molecular flexibility index (Phi) is 6.92. The van der Waals surface area contributed by atoms with Crippen molar-refractivity contribution in [2.75, 3.05) is 0 Å². The van der Waals surface area contributed by atoms with E-state index in [1.54, 1.807) is 5.38 Å². The van der Waals surface area contributed by atoms with E-state index in [-0.39, 0.29) is 22.5 Å². The van der Waals surface area contributed by atoms with E-state index in [1.165, 1.54) is 6.07 Å². The third-order valence-corrected chi connectivity index (χ3v) is 9.20. The zero-order valence-corrected chi connectivity index (χ0v) is 20.8. The van der Waals surface area contributed by atoms with Crippen LogP contribution in [-0.2, 0) is 20.4 Å². The molecule has 0 spiro atoms. The van der Waals surface area contributed by atoms with Crippen LogP contribution in [0.3, 0.4) is 0 Å². The molecular weight excluding hydrogens is 454 g/mol. The molecule has 1 aromatic rings. The molecule has 5 nitrogen and oxygen atoms in total. The Hall–Kier alpha value is -1.41. The van der Waals surface area contributed by atoms with Crippen molar-refractivity contribution in [3.05, 3.63) is 50.9 Å². The molecule has 2 N–H and O–H groups in total. The van der Waals surface area contributed by atoms with E-state index < -0.39 is 21.5 Å². The van der Waals surface area contributed by atoms with Crippen molar-refractivity contribution < 1.29 is 18.3 Å². The van der Waals surface area contributed by atoms with Gasteiger partial charge in [0.05, 0.1) is 12.0 Å². The number of thiophene rings is 1. The fourth-order valence-electron chi connectivity index (χ4n) is 4.01. The Morgan fingerprint density at radius 1 is 1.42 bits per heavy atom. The summed E-state index contributed by atoms with van der Waals surface area (Å²) in [5.74, 6) is -0.275. The summed E-state index contributed by atoms with van der Waals surface area (Å²) in [4.78, 5) is 12.9. The average Bonchev–Trinajstić information content (AvgIpc) is 3.09. The second-order valence-corrected chi connectivity index (χ2v) is 12.3. The molecule has 0 bridgehead atoms. The summed E-state index contributed by atoms with van der Waals surface area (Å²) in [6, 6.07) is 1.45. The molecular formula is C23H30ClNO4S2. The van der Waals surface area contributed by atoms with Crippen LogP contribution in [0.5, 0.6) is 0 Å². The summed E-state index contributed by atoms with van der Waals surface area (Å²) in [5.41, 5.74) is 3.33. The summed E-state index contributed by atoms with van der Waals surface area (Å²) in [6.45, 7) is 12.1. The van der Waals surface area contributed by atoms with Crippen LogP contribution in [0.15, 0.2) is 49.6 Å². The highest BCUT2D eigenvalue weighted by atomic mass is 35.5. The Bertz CT molecular complexity index is 1070. The molecule has 8 heteroatoms. The lowest BCUT2D eigenvalue weighted by atomic mass is 9.85. The number of nitrogens with one attached hydrogen (secondary N) is 1. The van der Waals surface area contributed by atoms with Crippen LogP contribution >= 0.6 is 22.9 Å². The van der Waals surface area contributed by atoms with Gasteiger partial charge in [0.2, 0.25) is 5.91 Å². The van der Waals surface area contributed by atoms with Crippen molar-refractivity contribution >= 4 is 38.9 Å². The van der Waals surface area contributed by atoms with Crippen LogP contribution in [0.2, 0.25) is 0 Å². The third kappa shape index (κ3) is 5.16. The molecule has 170 valence electrons. The van der Waals surface area contributed by atoms with Gasteiger partial charge in [0, 0.05) is 5.03 Å². The number of hydrogen-bond acceptors (Lipinski definition) is 5. The molecule has 1 amide bonds. The van der Waals surface area contributed by atoms with Gasteiger partial charge in [-0.3, -0.25) is 4.79 Å². The molecule has 0 aromatic carbocycles. The van der Waals surface area contributed by atoms with Gasteiger partial charge in [-0.15, -0.1) is 11.3 Å². The van der Waals surface area contributed by atoms with Crippen LogP contribution in [0.4, 0.5) is 0 Å². The molecule has 0 saturated heterocycles. The first kappa shape index (κ1) is 24.2. The van der Waals surface area contributed by atoms with Crippen LogP contribution in [-0.4, -0.2) is 19.4 Å². The van der Waals surface area contributed by atoms with Crippen LogP contribution in [0.25, 0.3) is 0 Å². The minimum atomic E-state index is -4.01. The lowest BCUT2D eigenvalue weighted by Gasteiger charge is -2.21. The number of rotatable bonds is 7. The molecule has 0 radical (unpaired) electrons. The number of carbonyl (C=O) groups excluding carboxylic acids is 1. The second kappa shape index (κ2) is 8.85. The van der Waals surface area contributed by atoms with Crippen LogP contribution in [0, 0.1) is 11.8 Å². The van der Waals surface area contributed by atoms with Crippen molar-refractivity contribution in [3.8, 4) is 0 Å². The van der Waals surface area contributed by atoms with E-state index in [4.69, 9.17) is 11.6 Å². The largest absolute Gasteiger partial charge is 0.385 e. The average molecular weight is 484 g/mol. The quantitative estimate of drug-likeness (QED) is 0.545. The van der Waals surface area contributed by atoms with E-state index in [9.17, 15) is 18.3 Å². The minimum absolute atomic E-state index is 0.0273. The number of aliphatic hydroxyl groups is 1. The number of amides is 1. The van der Waals surface area contributed by atoms with Gasteiger partial charge in [0.15, 0.2) is 0 Å². The molecule has 2 aliphatic carbocycles. The molecule has 2 aliphatic rings. The van der Waals surface area contributed by atoms with Gasteiger partial charge >= 0.3 is 0 Å². The van der Waals surface area contributed by atoms with Gasteiger partial charge in [-0.1, -0.05) is 39.0 Å². The zero-order valence-electron chi connectivity index (χ0n) is 18.4. The van der Waals surface area contributed by atoms with Crippen molar-refractivity contribution in [1.29, 1.82) is 0 Å². The van der Waals surface area contributed by atoms with E-state index in [0.717, 1.165) is 46.5 Å². The molecule has 31 heavy (non-hydrogen) atoms. The maximum Gasteiger partial charge on any atom is 0.273 e. The molecule has 1 unspecified atom stereocenters. The Labute approximate surface area is 193 Å². The number of hydrogen-bond donors (Lipinski definition) is 2. The van der Waals surface area contributed by atoms with Crippen LogP contribution < -0.4 is 4.72 Å². The van der Waals surface area contributed by atoms with E-state index in [0.29, 0.717) is 23.4 Å². The Morgan fingerprint density at radius 2 is 2.06 bits per heavy atom. The number of allylic oxidation sites excluding steroid dienone is 4. The molecule has 1 atom stereocenters. The van der Waals surface area contributed by atoms with Crippen molar-refractivity contribution in [2.24, 2.45) is 11.8 Å². The zero-order chi connectivity index (χ0) is 23.1. The summed E-state index contributed by atoms with van der Waals surface area (Å²) in [7, 11) is -4.01. The lowest BCUT2D eigenvalue weighted by Crippen LogP contribution is -2.30. The van der Waals surface area contributed by atoms with Gasteiger partial charge in [-0.2, -0.15) is 0 Å². The Morgan fingerprint density at radius 3 is 2.61 bits per heavy atom. The minimum Gasteiger partial charge on any atom is -0.385 e. The predicted octanol–water partition coefficient (Wildman–Crippen LogP) is 5.38. The predicted molar refractivity (Wildman–Crippen MR) is 125 cm³/mol. The number of carbonyl (C=O) groups is 1. The van der Waals surface area contributed by atoms with Crippen molar-refractivity contribution in [2.45, 2.75) is 69.6 Å². The summed E-state index contributed by atoms with van der Waals surface area (Å²) in [5, 5.41) is 12.5. The first-order valence-electron chi connectivity index (χ1n) is 10.5. The van der Waals surface area contributed by atoms with Gasteiger partial charge in [-0.05, 0) is 83.7 Å². The molecule has 0 aliphatic heterocycles. The topological polar surface area (TPSA) is 83.5 Å². The molecule has 1 heterocycles. The molecule has 3 rings (SSSR count). The highest BCUT2D eigenvalue weighted by molar-refractivity contribution is 7.92. The van der Waals surface area contributed by atoms with Gasteiger partial charge in [-0.25, -0.2) is 13.1 Å². The third-order valence-electron chi connectivity index (χ3n) is 6.16. The smallest absolute Gasteiger partial charge is 0.273 e. The lowest BCUT2D eigenvalue weighted by molar-refractivity contribution is -0.118. The summed E-state index contributed by atoms with van der Waals surface area (Å²) >= 11 is 7.35. The fraction of sp³-hybridized carbons (Fsp3) is 0.522. The monoisotopic (exact) mass is 483 g/mol. The van der Waals surface area contributed by atoms with Gasteiger partial charge < -0.3 is 5.11 Å². The maximum atomic E-state index is 12.9. The van der Waals surface area contributed by atoms with Crippen molar-refractivity contribution in [3.63, 3.8) is 0 Å². The number of sulfonamides is 1. The first-order chi connectivity index (χ1) is 14.4. The number of halogens is 1. The maximum absolute atomic E-state index is 12.9. The Balaban J connectivity index is 1.87. The van der Waals surface area contributed by atoms with Gasteiger partial charge in [0.1, 0.15) is 4.21 Å². The molecule has 2 fully saturated rings. The summed E-state index contributed by atoms with van der Waals surface area (Å²) in [6.07, 6.45) is 2.94. The normalized spacial score (nSPS) is 23.6. The fourth-order valence-corrected chi connectivity index (χ4v) is 6.46. The second-order valence-electron chi connectivity index (χ2n) is 8.92. The highest BCUT2D eigenvalue weighted by Crippen LogP contribution is 2.47. The summed E-state index contributed by atoms with van der Waals surface area (Å²) < 4.78 is 27.8. The standard InChI is InChI=1S/C23H30ClNO4S2/c1-13(2)15(4)19(22-14(3)6-7-18(22)16(5)24)11-20(26)25-31(28,29)21-10-17(12-30-21)23(27)8-9-23/h10,12-14,27H,4,6-9,11H2,1-3,5H3,(H,25,26)/b18-16+,22-19-. The highest BCUT2D eigenvalue weighted by Gasteiger charge is 2.43. The van der Waals surface area contributed by atoms with Crippen LogP contribution in [0.1, 0.15) is 65.4 Å². The van der Waals surface area contributed by atoms with E-state index in [1.807, 2.05) is 20.8 Å². The SMILES string of the molecule is C=C(/C(CC(=O)NS(=O)(=O)c1cc(C2(O)CC2)cs1)=C1\C(=C(/C)Cl)CCC1C)C(C)C. The van der Waals surface area contributed by atoms with E-state index >= 15 is 0 Å². The molecule has 2 saturated carbocycles. The van der Waals surface area contributed by atoms with Crippen molar-refractivity contribution in [1.82, 2.24) is 4.72 Å². The first-order valence-corrected chi connectivity index (χ1v) is 13.2. The van der Waals surface area contributed by atoms with Gasteiger partial charge in [0.25, 0.3) is 10.0 Å². The molecule has 1 aromatic heterocycles.